The van der Waals surface area contributed by atoms with E-state index in [2.05, 4.69) is 18.3 Å². The molecule has 1 nitrogen and oxygen atoms in total. The quantitative estimate of drug-likeness (QED) is 0.523. The molecule has 2 heteroatoms. The molecule has 0 radical (unpaired) electrons. The minimum absolute atomic E-state index is 0.0602. The maximum Gasteiger partial charge on any atom is 0.0773 e. The van der Waals surface area contributed by atoms with E-state index in [1.165, 1.54) is 12.8 Å². The van der Waals surface area contributed by atoms with Crippen LogP contribution in [-0.2, 0) is 0 Å². The first-order valence-corrected chi connectivity index (χ1v) is 3.20. The van der Waals surface area contributed by atoms with Crippen LogP contribution in [0.2, 0.25) is 0 Å². The average molecular weight is 125 g/mol. The van der Waals surface area contributed by atoms with Gasteiger partial charge in [0.05, 0.1) is 12.0 Å². The predicted molar refractivity (Wildman–Crippen MR) is 35.5 cm³/mol. The van der Waals surface area contributed by atoms with Crippen LogP contribution in [0.25, 0.3) is 0 Å². The summed E-state index contributed by atoms with van der Waals surface area (Å²) in [5.74, 6) is 0.669. The fraction of sp³-hybridized carbons (Fsp3) is 0.667. The second-order valence-corrected chi connectivity index (χ2v) is 2.40. The number of rotatable bonds is 2. The Hall–Kier alpha value is -0.420. The molecule has 1 aliphatic carbocycles. The summed E-state index contributed by atoms with van der Waals surface area (Å²) < 4.78 is 0. The normalized spacial score (nSPS) is 21.4. The van der Waals surface area contributed by atoms with Gasteiger partial charge in [-0.05, 0) is 24.1 Å². The second kappa shape index (κ2) is 2.23. The Morgan fingerprint density at radius 1 is 1.75 bits per heavy atom. The second-order valence-electron chi connectivity index (χ2n) is 2.13. The summed E-state index contributed by atoms with van der Waals surface area (Å²) in [7, 11) is 0. The maximum absolute atomic E-state index is 8.39. The highest BCUT2D eigenvalue weighted by Gasteiger charge is 2.29. The molecule has 0 aromatic rings. The van der Waals surface area contributed by atoms with Crippen molar-refractivity contribution in [2.75, 3.05) is 0 Å². The molecule has 0 spiro atoms. The largest absolute Gasteiger partial charge is 0.198 e. The van der Waals surface area contributed by atoms with Crippen molar-refractivity contribution in [1.82, 2.24) is 0 Å². The molecule has 0 aliphatic heterocycles. The number of thiocarbonyl (C=S) groups is 1. The first kappa shape index (κ1) is 5.71. The molecule has 0 N–H and O–H groups in total. The van der Waals surface area contributed by atoms with Gasteiger partial charge in [0.1, 0.15) is 0 Å². The lowest BCUT2D eigenvalue weighted by Gasteiger charge is -1.92. The number of hydrogen-bond donors (Lipinski definition) is 0. The van der Waals surface area contributed by atoms with Crippen molar-refractivity contribution >= 4 is 17.6 Å². The molecule has 1 unspecified atom stereocenters. The van der Waals surface area contributed by atoms with Gasteiger partial charge >= 0.3 is 0 Å². The highest BCUT2D eigenvalue weighted by atomic mass is 32.1. The lowest BCUT2D eigenvalue weighted by Crippen LogP contribution is -1.97. The summed E-state index contributed by atoms with van der Waals surface area (Å²) in [6, 6.07) is 2.15. The van der Waals surface area contributed by atoms with Crippen molar-refractivity contribution < 1.29 is 0 Å². The maximum atomic E-state index is 8.39. The van der Waals surface area contributed by atoms with E-state index in [1.807, 2.05) is 0 Å². The molecule has 1 atom stereocenters. The molecular formula is C6H7NS. The van der Waals surface area contributed by atoms with Crippen LogP contribution in [0.4, 0.5) is 0 Å². The highest BCUT2D eigenvalue weighted by Crippen LogP contribution is 2.35. The molecule has 1 fully saturated rings. The van der Waals surface area contributed by atoms with Gasteiger partial charge < -0.3 is 0 Å². The molecule has 8 heavy (non-hydrogen) atoms. The fourth-order valence-corrected chi connectivity index (χ4v) is 0.985. The molecule has 0 aromatic heterocycles. The molecule has 0 aromatic carbocycles. The van der Waals surface area contributed by atoms with Gasteiger partial charge in [0.25, 0.3) is 0 Å². The van der Waals surface area contributed by atoms with Gasteiger partial charge in [-0.25, -0.2) is 0 Å². The van der Waals surface area contributed by atoms with Gasteiger partial charge in [0.2, 0.25) is 0 Å². The standard InChI is InChI=1S/C6H7NS/c7-3-6(4-8)5-1-2-5/h4-6H,1-2H2. The van der Waals surface area contributed by atoms with Crippen LogP contribution in [0.5, 0.6) is 0 Å². The molecule has 0 saturated heterocycles. The van der Waals surface area contributed by atoms with E-state index in [9.17, 15) is 0 Å². The predicted octanol–water partition coefficient (Wildman–Crippen LogP) is 1.54. The molecule has 1 saturated carbocycles. The Bertz CT molecular complexity index is 132. The summed E-state index contributed by atoms with van der Waals surface area (Å²) >= 11 is 4.64. The number of nitriles is 1. The summed E-state index contributed by atoms with van der Waals surface area (Å²) in [4.78, 5) is 0. The zero-order valence-corrected chi connectivity index (χ0v) is 5.32. The monoisotopic (exact) mass is 125 g/mol. The van der Waals surface area contributed by atoms with Crippen molar-refractivity contribution in [2.24, 2.45) is 11.8 Å². The van der Waals surface area contributed by atoms with Crippen LogP contribution < -0.4 is 0 Å². The smallest absolute Gasteiger partial charge is 0.0773 e. The molecule has 0 amide bonds. The SMILES string of the molecule is N#CC(C=S)C1CC1. The average Bonchev–Trinajstić information content (AvgIpc) is 2.53. The Balaban J connectivity index is 2.39. The molecule has 1 aliphatic rings. The van der Waals surface area contributed by atoms with E-state index >= 15 is 0 Å². The Labute approximate surface area is 54.3 Å². The van der Waals surface area contributed by atoms with Crippen LogP contribution in [0.3, 0.4) is 0 Å². The zero-order valence-electron chi connectivity index (χ0n) is 4.50. The summed E-state index contributed by atoms with van der Waals surface area (Å²) in [6.07, 6.45) is 2.40. The van der Waals surface area contributed by atoms with Crippen LogP contribution in [0, 0.1) is 23.2 Å². The van der Waals surface area contributed by atoms with Crippen molar-refractivity contribution in [3.63, 3.8) is 0 Å². The van der Waals surface area contributed by atoms with Crippen LogP contribution in [-0.4, -0.2) is 5.37 Å². The van der Waals surface area contributed by atoms with E-state index in [0.29, 0.717) is 5.92 Å². The van der Waals surface area contributed by atoms with Gasteiger partial charge in [0.15, 0.2) is 0 Å². The Morgan fingerprint density at radius 2 is 2.38 bits per heavy atom. The van der Waals surface area contributed by atoms with Crippen molar-refractivity contribution in [1.29, 1.82) is 5.26 Å². The summed E-state index contributed by atoms with van der Waals surface area (Å²) in [6.45, 7) is 0. The third-order valence-corrected chi connectivity index (χ3v) is 1.72. The van der Waals surface area contributed by atoms with Gasteiger partial charge in [0, 0.05) is 0 Å². The lowest BCUT2D eigenvalue weighted by molar-refractivity contribution is 0.766. The molecule has 42 valence electrons. The third-order valence-electron chi connectivity index (χ3n) is 1.43. The number of hydrogen-bond acceptors (Lipinski definition) is 2. The van der Waals surface area contributed by atoms with Crippen LogP contribution >= 0.6 is 12.2 Å². The van der Waals surface area contributed by atoms with Gasteiger partial charge in [-0.1, -0.05) is 12.2 Å². The van der Waals surface area contributed by atoms with E-state index in [-0.39, 0.29) is 5.92 Å². The third kappa shape index (κ3) is 1.05. The fourth-order valence-electron chi connectivity index (χ4n) is 0.702. The summed E-state index contributed by atoms with van der Waals surface area (Å²) in [5, 5.41) is 9.97. The first-order valence-electron chi connectivity index (χ1n) is 2.73. The Kier molecular flexibility index (Phi) is 1.59. The van der Waals surface area contributed by atoms with E-state index in [1.54, 1.807) is 5.37 Å². The van der Waals surface area contributed by atoms with E-state index < -0.39 is 0 Å². The van der Waals surface area contributed by atoms with Crippen molar-refractivity contribution in [3.05, 3.63) is 0 Å². The van der Waals surface area contributed by atoms with E-state index in [0.717, 1.165) is 0 Å². The first-order chi connectivity index (χ1) is 3.88. The van der Waals surface area contributed by atoms with Gasteiger partial charge in [-0.2, -0.15) is 5.26 Å². The molecule has 1 rings (SSSR count). The van der Waals surface area contributed by atoms with Crippen LogP contribution in [0.15, 0.2) is 0 Å². The topological polar surface area (TPSA) is 23.8 Å². The lowest BCUT2D eigenvalue weighted by atomic mass is 10.1. The van der Waals surface area contributed by atoms with Crippen molar-refractivity contribution in [2.45, 2.75) is 12.8 Å². The molecular weight excluding hydrogens is 118 g/mol. The van der Waals surface area contributed by atoms with E-state index in [4.69, 9.17) is 5.26 Å². The van der Waals surface area contributed by atoms with Crippen molar-refractivity contribution in [3.8, 4) is 6.07 Å². The minimum atomic E-state index is 0.0602. The molecule has 0 bridgehead atoms. The minimum Gasteiger partial charge on any atom is -0.198 e. The van der Waals surface area contributed by atoms with Gasteiger partial charge in [-0.3, -0.25) is 0 Å². The van der Waals surface area contributed by atoms with Crippen LogP contribution in [0.1, 0.15) is 12.8 Å². The Morgan fingerprint density at radius 3 is 2.50 bits per heavy atom. The zero-order chi connectivity index (χ0) is 5.98. The number of nitrogens with zero attached hydrogens (tertiary/aromatic N) is 1. The summed E-state index contributed by atoms with van der Waals surface area (Å²) in [5.41, 5.74) is 0. The van der Waals surface area contributed by atoms with Gasteiger partial charge in [-0.15, -0.1) is 0 Å². The highest BCUT2D eigenvalue weighted by molar-refractivity contribution is 7.79. The molecule has 0 heterocycles.